The van der Waals surface area contributed by atoms with Gasteiger partial charge in [0.1, 0.15) is 11.5 Å². The molecule has 0 amide bonds. The van der Waals surface area contributed by atoms with Crippen molar-refractivity contribution in [3.8, 4) is 33.9 Å². The Morgan fingerprint density at radius 2 is 1.43 bits per heavy atom. The molecule has 5 heteroatoms. The molecule has 40 heavy (non-hydrogen) atoms. The van der Waals surface area contributed by atoms with Gasteiger partial charge < -0.3 is 10.2 Å². The van der Waals surface area contributed by atoms with Crippen LogP contribution >= 0.6 is 0 Å². The van der Waals surface area contributed by atoms with E-state index in [0.717, 1.165) is 32.8 Å². The maximum absolute atomic E-state index is 11.8. The van der Waals surface area contributed by atoms with Gasteiger partial charge in [-0.05, 0) is 51.7 Å². The second-order valence-corrected chi connectivity index (χ2v) is 10.6. The number of hydrogen-bond donors (Lipinski definition) is 2. The molecule has 5 aromatic carbocycles. The van der Waals surface area contributed by atoms with E-state index in [0.29, 0.717) is 28.0 Å². The van der Waals surface area contributed by atoms with Crippen molar-refractivity contribution < 1.29 is 31.3 Å². The second kappa shape index (κ2) is 9.73. The van der Waals surface area contributed by atoms with Gasteiger partial charge in [-0.2, -0.15) is 0 Å². The molecule has 1 aliphatic rings. The number of nitrogens with zero attached hydrogens (tertiary/aromatic N) is 2. The van der Waals surface area contributed by atoms with Crippen molar-refractivity contribution in [2.24, 2.45) is 4.99 Å². The average Bonchev–Trinajstić information content (AvgIpc) is 3.19. The van der Waals surface area contributed by atoms with Gasteiger partial charge in [-0.3, -0.25) is 4.99 Å². The van der Waals surface area contributed by atoms with Crippen molar-refractivity contribution in [3.05, 3.63) is 120 Å². The summed E-state index contributed by atoms with van der Waals surface area (Å²) in [7, 11) is 0. The summed E-state index contributed by atoms with van der Waals surface area (Å²) in [5, 5.41) is 25.8. The topological polar surface area (TPSA) is 65.7 Å². The number of hydrogen-bond acceptors (Lipinski definition) is 4. The van der Waals surface area contributed by atoms with Crippen molar-refractivity contribution >= 4 is 33.4 Å². The van der Waals surface area contributed by atoms with Gasteiger partial charge in [-0.15, -0.1) is 0 Å². The van der Waals surface area contributed by atoms with Crippen LogP contribution in [0.15, 0.2) is 108 Å². The molecule has 0 aliphatic heterocycles. The van der Waals surface area contributed by atoms with Crippen LogP contribution in [0.3, 0.4) is 0 Å². The standard InChI is InChI=1S/C35H26N2O2.Pt/c1-35(2)28-14-6-5-13-25(28)26-17-18-27(34(39)32(26)35)33-24-12-4-3-9-22(24)19-23(37-33)20-36-29-15-7-10-21-11-8-16-30(38)31(21)29;/h3-20,38-39H,1-2H3;. The molecule has 2 N–H and O–H groups in total. The molecule has 1 aliphatic carbocycles. The Morgan fingerprint density at radius 3 is 2.27 bits per heavy atom. The molecule has 1 aromatic heterocycles. The zero-order chi connectivity index (χ0) is 26.7. The minimum Gasteiger partial charge on any atom is -0.507 e. The summed E-state index contributed by atoms with van der Waals surface area (Å²) in [6.45, 7) is 4.32. The van der Waals surface area contributed by atoms with E-state index < -0.39 is 0 Å². The van der Waals surface area contributed by atoms with Crippen molar-refractivity contribution in [1.29, 1.82) is 0 Å². The van der Waals surface area contributed by atoms with Gasteiger partial charge in [0, 0.05) is 48.4 Å². The maximum atomic E-state index is 11.8. The van der Waals surface area contributed by atoms with E-state index in [2.05, 4.69) is 38.1 Å². The molecule has 0 fully saturated rings. The van der Waals surface area contributed by atoms with E-state index in [4.69, 9.17) is 9.98 Å². The van der Waals surface area contributed by atoms with Crippen LogP contribution in [0, 0.1) is 0 Å². The van der Waals surface area contributed by atoms with Gasteiger partial charge in [0.05, 0.1) is 23.3 Å². The van der Waals surface area contributed by atoms with Crippen molar-refractivity contribution in [2.75, 3.05) is 0 Å². The summed E-state index contributed by atoms with van der Waals surface area (Å²) in [5.74, 6) is 0.457. The fourth-order valence-corrected chi connectivity index (χ4v) is 6.07. The summed E-state index contributed by atoms with van der Waals surface area (Å²) in [6.07, 6.45) is 1.72. The smallest absolute Gasteiger partial charge is 0.129 e. The average molecular weight is 702 g/mol. The van der Waals surface area contributed by atoms with Crippen LogP contribution in [-0.2, 0) is 26.5 Å². The van der Waals surface area contributed by atoms with E-state index in [1.165, 1.54) is 5.56 Å². The van der Waals surface area contributed by atoms with Gasteiger partial charge in [0.25, 0.3) is 0 Å². The Morgan fingerprint density at radius 1 is 0.725 bits per heavy atom. The largest absolute Gasteiger partial charge is 0.507 e. The molecule has 0 spiro atoms. The molecule has 1 heterocycles. The van der Waals surface area contributed by atoms with Crippen molar-refractivity contribution in [2.45, 2.75) is 19.3 Å². The molecule has 0 unspecified atom stereocenters. The van der Waals surface area contributed by atoms with Crippen LogP contribution in [-0.4, -0.2) is 21.4 Å². The molecule has 198 valence electrons. The molecular formula is C35H26N2O2Pt. The van der Waals surface area contributed by atoms with Crippen molar-refractivity contribution in [1.82, 2.24) is 4.98 Å². The minimum absolute atomic E-state index is 0. The monoisotopic (exact) mass is 701 g/mol. The predicted octanol–water partition coefficient (Wildman–Crippen LogP) is 8.52. The fraction of sp³-hybridized carbons (Fsp3) is 0.0857. The molecule has 0 radical (unpaired) electrons. The number of rotatable bonds is 3. The van der Waals surface area contributed by atoms with E-state index in [9.17, 15) is 10.2 Å². The van der Waals surface area contributed by atoms with Crippen LogP contribution in [0.25, 0.3) is 43.9 Å². The number of aromatic hydroxyl groups is 2. The number of phenolic OH excluding ortho intramolecular Hbond substituents is 2. The van der Waals surface area contributed by atoms with Crippen LogP contribution in [0.4, 0.5) is 5.69 Å². The normalized spacial score (nSPS) is 13.3. The van der Waals surface area contributed by atoms with Crippen LogP contribution in [0.1, 0.15) is 30.7 Å². The Bertz CT molecular complexity index is 1970. The first-order valence-electron chi connectivity index (χ1n) is 13.0. The first kappa shape index (κ1) is 26.0. The van der Waals surface area contributed by atoms with E-state index in [-0.39, 0.29) is 38.0 Å². The SMILES string of the molecule is CC1(C)c2ccccc2-c2ccc(-c3nc(C=Nc4cccc5cccc(O)c45)cc4ccccc34)c(O)c21.[Pt]. The summed E-state index contributed by atoms with van der Waals surface area (Å²) >= 11 is 0. The third kappa shape index (κ3) is 3.94. The summed E-state index contributed by atoms with van der Waals surface area (Å²) in [5.41, 5.74) is 6.77. The number of aliphatic imine (C=N–C) groups is 1. The summed E-state index contributed by atoms with van der Waals surface area (Å²) in [6, 6.07) is 33.7. The third-order valence-electron chi connectivity index (χ3n) is 7.91. The number of phenols is 2. The van der Waals surface area contributed by atoms with Crippen molar-refractivity contribution in [3.63, 3.8) is 0 Å². The first-order chi connectivity index (χ1) is 18.9. The quantitative estimate of drug-likeness (QED) is 0.182. The molecule has 7 rings (SSSR count). The Labute approximate surface area is 247 Å². The molecule has 4 nitrogen and oxygen atoms in total. The molecule has 6 aromatic rings. The second-order valence-electron chi connectivity index (χ2n) is 10.6. The number of benzene rings is 5. The van der Waals surface area contributed by atoms with Gasteiger partial charge >= 0.3 is 0 Å². The van der Waals surface area contributed by atoms with Crippen LogP contribution in [0.5, 0.6) is 11.5 Å². The zero-order valence-electron chi connectivity index (χ0n) is 22.0. The van der Waals surface area contributed by atoms with Gasteiger partial charge in [0.2, 0.25) is 0 Å². The molecular weight excluding hydrogens is 675 g/mol. The Hall–Kier alpha value is -4.27. The minimum atomic E-state index is -0.336. The Balaban J connectivity index is 0.00000289. The maximum Gasteiger partial charge on any atom is 0.129 e. The van der Waals surface area contributed by atoms with Gasteiger partial charge in [0.15, 0.2) is 0 Å². The first-order valence-corrected chi connectivity index (χ1v) is 13.0. The van der Waals surface area contributed by atoms with Crippen LogP contribution < -0.4 is 0 Å². The zero-order valence-corrected chi connectivity index (χ0v) is 24.3. The molecule has 0 saturated heterocycles. The van der Waals surface area contributed by atoms with Gasteiger partial charge in [-0.1, -0.05) is 92.7 Å². The number of fused-ring (bicyclic) bond motifs is 5. The summed E-state index contributed by atoms with van der Waals surface area (Å²) in [4.78, 5) is 9.73. The summed E-state index contributed by atoms with van der Waals surface area (Å²) < 4.78 is 0. The number of pyridine rings is 1. The number of aromatic nitrogens is 1. The molecule has 0 bridgehead atoms. The molecule has 0 saturated carbocycles. The van der Waals surface area contributed by atoms with E-state index in [1.54, 1.807) is 12.3 Å². The Kier molecular flexibility index (Phi) is 6.32. The van der Waals surface area contributed by atoms with Crippen LogP contribution in [0.2, 0.25) is 0 Å². The fourth-order valence-electron chi connectivity index (χ4n) is 6.07. The van der Waals surface area contributed by atoms with Gasteiger partial charge in [-0.25, -0.2) is 4.98 Å². The van der Waals surface area contributed by atoms with E-state index >= 15 is 0 Å². The predicted molar refractivity (Wildman–Crippen MR) is 159 cm³/mol. The third-order valence-corrected chi connectivity index (χ3v) is 7.91. The van der Waals surface area contributed by atoms with E-state index in [1.807, 2.05) is 72.8 Å². The molecule has 0 atom stereocenters.